The van der Waals surface area contributed by atoms with Crippen molar-refractivity contribution in [3.05, 3.63) is 35.6 Å². The first kappa shape index (κ1) is 17.2. The van der Waals surface area contributed by atoms with Crippen LogP contribution in [0, 0.1) is 11.7 Å². The van der Waals surface area contributed by atoms with Gasteiger partial charge in [-0.3, -0.25) is 4.79 Å². The summed E-state index contributed by atoms with van der Waals surface area (Å²) in [6.45, 7) is 2.89. The second-order valence-electron chi connectivity index (χ2n) is 6.07. The summed E-state index contributed by atoms with van der Waals surface area (Å²) in [4.78, 5) is 23.5. The van der Waals surface area contributed by atoms with Gasteiger partial charge in [-0.15, -0.1) is 0 Å². The number of rotatable bonds is 6. The number of nitrogens with one attached hydrogen (secondary N) is 3. The topological polar surface area (TPSA) is 70.2 Å². The SMILES string of the molecule is C[C@H]1CCC[C@H]1NC(=O)NCCNC(=O)Cc1ccc(F)cc1. The number of hydrogen-bond acceptors (Lipinski definition) is 2. The summed E-state index contributed by atoms with van der Waals surface area (Å²) in [7, 11) is 0. The van der Waals surface area contributed by atoms with E-state index in [9.17, 15) is 14.0 Å². The maximum atomic E-state index is 12.8. The molecule has 0 bridgehead atoms. The van der Waals surface area contributed by atoms with Crippen LogP contribution in [-0.4, -0.2) is 31.1 Å². The molecule has 0 aromatic heterocycles. The monoisotopic (exact) mass is 321 g/mol. The lowest BCUT2D eigenvalue weighted by Gasteiger charge is -2.17. The average molecular weight is 321 g/mol. The summed E-state index contributed by atoms with van der Waals surface area (Å²) < 4.78 is 12.8. The second kappa shape index (κ2) is 8.50. The van der Waals surface area contributed by atoms with Crippen molar-refractivity contribution in [2.24, 2.45) is 5.92 Å². The average Bonchev–Trinajstić information content (AvgIpc) is 2.91. The molecule has 0 spiro atoms. The third kappa shape index (κ3) is 5.88. The number of amides is 3. The van der Waals surface area contributed by atoms with Crippen molar-refractivity contribution in [2.45, 2.75) is 38.6 Å². The highest BCUT2D eigenvalue weighted by atomic mass is 19.1. The van der Waals surface area contributed by atoms with Crippen LogP contribution in [0.25, 0.3) is 0 Å². The molecule has 0 unspecified atom stereocenters. The summed E-state index contributed by atoms with van der Waals surface area (Å²) >= 11 is 0. The lowest BCUT2D eigenvalue weighted by Crippen LogP contribution is -2.45. The van der Waals surface area contributed by atoms with Crippen LogP contribution >= 0.6 is 0 Å². The predicted molar refractivity (Wildman–Crippen MR) is 86.5 cm³/mol. The Balaban J connectivity index is 1.58. The number of urea groups is 1. The number of carbonyl (C=O) groups excluding carboxylic acids is 2. The Labute approximate surface area is 136 Å². The number of hydrogen-bond donors (Lipinski definition) is 3. The van der Waals surface area contributed by atoms with Gasteiger partial charge < -0.3 is 16.0 Å². The molecule has 0 saturated heterocycles. The van der Waals surface area contributed by atoms with Crippen LogP contribution in [0.3, 0.4) is 0 Å². The Morgan fingerprint density at radius 1 is 1.13 bits per heavy atom. The van der Waals surface area contributed by atoms with E-state index in [1.165, 1.54) is 12.1 Å². The van der Waals surface area contributed by atoms with Crippen molar-refractivity contribution < 1.29 is 14.0 Å². The molecule has 23 heavy (non-hydrogen) atoms. The highest BCUT2D eigenvalue weighted by molar-refractivity contribution is 5.78. The van der Waals surface area contributed by atoms with E-state index >= 15 is 0 Å². The van der Waals surface area contributed by atoms with Crippen molar-refractivity contribution in [3.63, 3.8) is 0 Å². The van der Waals surface area contributed by atoms with Gasteiger partial charge in [0, 0.05) is 19.1 Å². The van der Waals surface area contributed by atoms with Crippen molar-refractivity contribution in [2.75, 3.05) is 13.1 Å². The first-order valence-electron chi connectivity index (χ1n) is 8.10. The van der Waals surface area contributed by atoms with Crippen molar-refractivity contribution in [1.82, 2.24) is 16.0 Å². The zero-order valence-electron chi connectivity index (χ0n) is 13.4. The molecule has 1 fully saturated rings. The largest absolute Gasteiger partial charge is 0.354 e. The van der Waals surface area contributed by atoms with Crippen LogP contribution in [-0.2, 0) is 11.2 Å². The van der Waals surface area contributed by atoms with Gasteiger partial charge in [-0.2, -0.15) is 0 Å². The first-order chi connectivity index (χ1) is 11.0. The molecule has 1 saturated carbocycles. The molecule has 5 nitrogen and oxygen atoms in total. The fourth-order valence-electron chi connectivity index (χ4n) is 2.81. The van der Waals surface area contributed by atoms with Crippen molar-refractivity contribution in [1.29, 1.82) is 0 Å². The summed E-state index contributed by atoms with van der Waals surface area (Å²) in [6, 6.07) is 5.91. The zero-order chi connectivity index (χ0) is 16.7. The van der Waals surface area contributed by atoms with Gasteiger partial charge in [0.05, 0.1) is 6.42 Å². The fourth-order valence-corrected chi connectivity index (χ4v) is 2.81. The molecule has 3 amide bonds. The van der Waals surface area contributed by atoms with E-state index in [2.05, 4.69) is 22.9 Å². The van der Waals surface area contributed by atoms with E-state index in [0.29, 0.717) is 19.0 Å². The second-order valence-corrected chi connectivity index (χ2v) is 6.07. The number of carbonyl (C=O) groups is 2. The Hall–Kier alpha value is -2.11. The lowest BCUT2D eigenvalue weighted by molar-refractivity contribution is -0.120. The molecule has 126 valence electrons. The first-order valence-corrected chi connectivity index (χ1v) is 8.10. The van der Waals surface area contributed by atoms with E-state index in [1.807, 2.05) is 0 Å². The molecule has 0 heterocycles. The van der Waals surface area contributed by atoms with Gasteiger partial charge in [0.1, 0.15) is 5.82 Å². The van der Waals surface area contributed by atoms with E-state index in [4.69, 9.17) is 0 Å². The summed E-state index contributed by atoms with van der Waals surface area (Å²) in [6.07, 6.45) is 3.55. The van der Waals surface area contributed by atoms with Crippen molar-refractivity contribution >= 4 is 11.9 Å². The zero-order valence-corrected chi connectivity index (χ0v) is 13.4. The van der Waals surface area contributed by atoms with Gasteiger partial charge in [-0.25, -0.2) is 9.18 Å². The molecule has 0 radical (unpaired) electrons. The normalized spacial score (nSPS) is 20.1. The van der Waals surface area contributed by atoms with Gasteiger partial charge >= 0.3 is 6.03 Å². The minimum Gasteiger partial charge on any atom is -0.354 e. The smallest absolute Gasteiger partial charge is 0.315 e. The Bertz CT molecular complexity index is 533. The van der Waals surface area contributed by atoms with Crippen LogP contribution < -0.4 is 16.0 Å². The van der Waals surface area contributed by atoms with Crippen LogP contribution in [0.5, 0.6) is 0 Å². The van der Waals surface area contributed by atoms with Gasteiger partial charge in [0.15, 0.2) is 0 Å². The molecule has 1 aromatic carbocycles. The van der Waals surface area contributed by atoms with Crippen molar-refractivity contribution in [3.8, 4) is 0 Å². The molecule has 2 atom stereocenters. The minimum atomic E-state index is -0.319. The van der Waals surface area contributed by atoms with E-state index in [0.717, 1.165) is 24.8 Å². The highest BCUT2D eigenvalue weighted by Gasteiger charge is 2.24. The molecule has 2 rings (SSSR count). The molecule has 3 N–H and O–H groups in total. The molecular formula is C17H24FN3O2. The third-order valence-electron chi connectivity index (χ3n) is 4.19. The van der Waals surface area contributed by atoms with E-state index in [1.54, 1.807) is 12.1 Å². The third-order valence-corrected chi connectivity index (χ3v) is 4.19. The fraction of sp³-hybridized carbons (Fsp3) is 0.529. The minimum absolute atomic E-state index is 0.150. The van der Waals surface area contributed by atoms with Crippen LogP contribution in [0.15, 0.2) is 24.3 Å². The quantitative estimate of drug-likeness (QED) is 0.701. The summed E-state index contributed by atoms with van der Waals surface area (Å²) in [5.41, 5.74) is 0.754. The maximum Gasteiger partial charge on any atom is 0.315 e. The molecule has 1 aromatic rings. The van der Waals surface area contributed by atoms with E-state index in [-0.39, 0.29) is 30.2 Å². The Kier molecular flexibility index (Phi) is 6.38. The standard InChI is InChI=1S/C17H24FN3O2/c1-12-3-2-4-15(12)21-17(23)20-10-9-19-16(22)11-13-5-7-14(18)8-6-13/h5-8,12,15H,2-4,9-11H2,1H3,(H,19,22)(H2,20,21,23)/t12-,15+/m0/s1. The summed E-state index contributed by atoms with van der Waals surface area (Å²) in [5, 5.41) is 8.43. The number of halogens is 1. The van der Waals surface area contributed by atoms with E-state index < -0.39 is 0 Å². The molecule has 0 aliphatic heterocycles. The maximum absolute atomic E-state index is 12.8. The Morgan fingerprint density at radius 2 is 1.83 bits per heavy atom. The molecule has 1 aliphatic carbocycles. The predicted octanol–water partition coefficient (Wildman–Crippen LogP) is 1.97. The van der Waals surface area contributed by atoms with Crippen LogP contribution in [0.4, 0.5) is 9.18 Å². The molecule has 1 aliphatic rings. The Morgan fingerprint density at radius 3 is 2.48 bits per heavy atom. The van der Waals surface area contributed by atoms with Gasteiger partial charge in [-0.05, 0) is 36.5 Å². The van der Waals surface area contributed by atoms with Crippen LogP contribution in [0.2, 0.25) is 0 Å². The molecule has 6 heteroatoms. The van der Waals surface area contributed by atoms with Gasteiger partial charge in [0.2, 0.25) is 5.91 Å². The molecular weight excluding hydrogens is 297 g/mol. The van der Waals surface area contributed by atoms with Crippen LogP contribution in [0.1, 0.15) is 31.7 Å². The lowest BCUT2D eigenvalue weighted by atomic mass is 10.1. The van der Waals surface area contributed by atoms with Gasteiger partial charge in [-0.1, -0.05) is 25.5 Å². The van der Waals surface area contributed by atoms with Gasteiger partial charge in [0.25, 0.3) is 0 Å². The summed E-state index contributed by atoms with van der Waals surface area (Å²) in [5.74, 6) is 0.0559. The highest BCUT2D eigenvalue weighted by Crippen LogP contribution is 2.24. The number of benzene rings is 1.